The van der Waals surface area contributed by atoms with Crippen LogP contribution < -0.4 is 0 Å². The molecule has 0 saturated carbocycles. The van der Waals surface area contributed by atoms with Gasteiger partial charge in [0.25, 0.3) is 0 Å². The maximum Gasteiger partial charge on any atom is 0.138 e. The molecule has 1 aliphatic rings. The van der Waals surface area contributed by atoms with Crippen LogP contribution in [0.5, 0.6) is 0 Å². The molecule has 5 heteroatoms. The molecule has 0 saturated heterocycles. The SMILES string of the molecule is CC1(C)[C@H](c2ccc(C#N)cc2F)n2cncc2[C@@]1(O)c1ccc(-c2ccccc2)cc1. The van der Waals surface area contributed by atoms with Crippen molar-refractivity contribution in [3.8, 4) is 17.2 Å². The molecule has 0 spiro atoms. The lowest BCUT2D eigenvalue weighted by Crippen LogP contribution is -2.41. The molecule has 0 radical (unpaired) electrons. The number of halogens is 1. The van der Waals surface area contributed by atoms with E-state index < -0.39 is 22.9 Å². The number of aromatic nitrogens is 2. The number of hydrogen-bond donors (Lipinski definition) is 1. The van der Waals surface area contributed by atoms with Crippen LogP contribution in [-0.4, -0.2) is 14.7 Å². The lowest BCUT2D eigenvalue weighted by atomic mass is 9.66. The monoisotopic (exact) mass is 423 g/mol. The highest BCUT2D eigenvalue weighted by molar-refractivity contribution is 5.64. The van der Waals surface area contributed by atoms with E-state index in [0.717, 1.165) is 16.7 Å². The third-order valence-electron chi connectivity index (χ3n) is 6.76. The first-order valence-corrected chi connectivity index (χ1v) is 10.5. The molecule has 0 amide bonds. The van der Waals surface area contributed by atoms with Gasteiger partial charge in [0.15, 0.2) is 0 Å². The van der Waals surface area contributed by atoms with Crippen molar-refractivity contribution >= 4 is 0 Å². The van der Waals surface area contributed by atoms with Gasteiger partial charge in [0.1, 0.15) is 11.4 Å². The van der Waals surface area contributed by atoms with Crippen LogP contribution in [0.15, 0.2) is 85.3 Å². The Balaban J connectivity index is 1.63. The number of fused-ring (bicyclic) bond motifs is 1. The number of benzene rings is 3. The first kappa shape index (κ1) is 20.2. The molecule has 1 N–H and O–H groups in total. The van der Waals surface area contributed by atoms with Crippen LogP contribution in [0.1, 0.15) is 42.3 Å². The van der Waals surface area contributed by atoms with E-state index in [1.165, 1.54) is 6.07 Å². The van der Waals surface area contributed by atoms with Gasteiger partial charge in [0.2, 0.25) is 0 Å². The van der Waals surface area contributed by atoms with E-state index in [1.54, 1.807) is 24.7 Å². The van der Waals surface area contributed by atoms with Gasteiger partial charge in [0.05, 0.1) is 35.9 Å². The predicted molar refractivity (Wildman–Crippen MR) is 120 cm³/mol. The number of nitrogens with zero attached hydrogens (tertiary/aromatic N) is 3. The van der Waals surface area contributed by atoms with Gasteiger partial charge in [-0.15, -0.1) is 0 Å². The van der Waals surface area contributed by atoms with Gasteiger partial charge in [-0.1, -0.05) is 74.5 Å². The topological polar surface area (TPSA) is 61.8 Å². The maximum atomic E-state index is 15.1. The number of hydrogen-bond acceptors (Lipinski definition) is 3. The fraction of sp³-hybridized carbons (Fsp3) is 0.185. The van der Waals surface area contributed by atoms with E-state index in [4.69, 9.17) is 5.26 Å². The molecule has 5 rings (SSSR count). The summed E-state index contributed by atoms with van der Waals surface area (Å²) in [7, 11) is 0. The molecule has 0 unspecified atom stereocenters. The van der Waals surface area contributed by atoms with E-state index in [2.05, 4.69) is 4.98 Å². The normalized spacial score (nSPS) is 21.2. The summed E-state index contributed by atoms with van der Waals surface area (Å²) in [6, 6.07) is 23.9. The minimum absolute atomic E-state index is 0.264. The highest BCUT2D eigenvalue weighted by atomic mass is 19.1. The minimum atomic E-state index is -1.39. The van der Waals surface area contributed by atoms with Crippen LogP contribution in [-0.2, 0) is 5.60 Å². The molecule has 0 fully saturated rings. The van der Waals surface area contributed by atoms with Crippen molar-refractivity contribution < 1.29 is 9.50 Å². The molecule has 1 aliphatic heterocycles. The molecule has 4 nitrogen and oxygen atoms in total. The molecule has 158 valence electrons. The fourth-order valence-corrected chi connectivity index (χ4v) is 5.08. The molecule has 32 heavy (non-hydrogen) atoms. The van der Waals surface area contributed by atoms with Crippen molar-refractivity contribution in [3.05, 3.63) is 114 Å². The van der Waals surface area contributed by atoms with E-state index >= 15 is 4.39 Å². The maximum absolute atomic E-state index is 15.1. The summed E-state index contributed by atoms with van der Waals surface area (Å²) in [5.74, 6) is -0.467. The Morgan fingerprint density at radius 3 is 2.34 bits per heavy atom. The van der Waals surface area contributed by atoms with Crippen LogP contribution in [0.4, 0.5) is 4.39 Å². The van der Waals surface area contributed by atoms with Gasteiger partial charge in [0, 0.05) is 11.0 Å². The third-order valence-corrected chi connectivity index (χ3v) is 6.76. The van der Waals surface area contributed by atoms with Crippen LogP contribution in [0.2, 0.25) is 0 Å². The lowest BCUT2D eigenvalue weighted by Gasteiger charge is -2.40. The summed E-state index contributed by atoms with van der Waals surface area (Å²) in [4.78, 5) is 4.26. The van der Waals surface area contributed by atoms with Crippen molar-refractivity contribution in [1.82, 2.24) is 9.55 Å². The first-order valence-electron chi connectivity index (χ1n) is 10.5. The molecular formula is C27H22FN3O. The zero-order chi connectivity index (χ0) is 22.5. The Labute approximate surface area is 186 Å². The number of nitriles is 1. The van der Waals surface area contributed by atoms with Crippen LogP contribution >= 0.6 is 0 Å². The molecule has 1 aromatic heterocycles. The van der Waals surface area contributed by atoms with E-state index in [1.807, 2.05) is 79.1 Å². The predicted octanol–water partition coefficient (Wildman–Crippen LogP) is 5.43. The van der Waals surface area contributed by atoms with Gasteiger partial charge >= 0.3 is 0 Å². The van der Waals surface area contributed by atoms with Gasteiger partial charge in [-0.25, -0.2) is 9.37 Å². The highest BCUT2D eigenvalue weighted by Crippen LogP contribution is 2.59. The van der Waals surface area contributed by atoms with Gasteiger partial charge < -0.3 is 9.67 Å². The zero-order valence-corrected chi connectivity index (χ0v) is 17.8. The molecule has 2 heterocycles. The van der Waals surface area contributed by atoms with Crippen LogP contribution in [0.25, 0.3) is 11.1 Å². The summed E-state index contributed by atoms with van der Waals surface area (Å²) < 4.78 is 16.9. The van der Waals surface area contributed by atoms with Gasteiger partial charge in [-0.3, -0.25) is 0 Å². The first-order chi connectivity index (χ1) is 15.4. The summed E-state index contributed by atoms with van der Waals surface area (Å²) in [6.45, 7) is 3.88. The fourth-order valence-electron chi connectivity index (χ4n) is 5.08. The van der Waals surface area contributed by atoms with Crippen LogP contribution in [0.3, 0.4) is 0 Å². The van der Waals surface area contributed by atoms with Crippen molar-refractivity contribution in [1.29, 1.82) is 5.26 Å². The van der Waals surface area contributed by atoms with E-state index in [0.29, 0.717) is 11.3 Å². The molecule has 0 aliphatic carbocycles. The molecule has 0 bridgehead atoms. The Morgan fingerprint density at radius 2 is 1.69 bits per heavy atom. The van der Waals surface area contributed by atoms with Crippen LogP contribution in [0, 0.1) is 22.6 Å². The quantitative estimate of drug-likeness (QED) is 0.478. The van der Waals surface area contributed by atoms with Crippen molar-refractivity contribution in [2.24, 2.45) is 5.41 Å². The second-order valence-electron chi connectivity index (χ2n) is 8.81. The van der Waals surface area contributed by atoms with Gasteiger partial charge in [-0.05, 0) is 28.8 Å². The second kappa shape index (κ2) is 7.15. The largest absolute Gasteiger partial charge is 0.378 e. The summed E-state index contributed by atoms with van der Waals surface area (Å²) in [6.07, 6.45) is 3.28. The van der Waals surface area contributed by atoms with Gasteiger partial charge in [-0.2, -0.15) is 5.26 Å². The molecule has 3 aromatic carbocycles. The Kier molecular flexibility index (Phi) is 4.51. The summed E-state index contributed by atoms with van der Waals surface area (Å²) >= 11 is 0. The number of rotatable bonds is 3. The standard InChI is InChI=1S/C27H22FN3O/c1-26(2)25(22-13-8-18(15-29)14-23(22)28)31-17-30-16-24(31)27(26,32)21-11-9-20(10-12-21)19-6-4-3-5-7-19/h3-14,16-17,25,32H,1-2H3/t25-,27-/m0/s1. The summed E-state index contributed by atoms with van der Waals surface area (Å²) in [5.41, 5.74) is 1.99. The zero-order valence-electron chi connectivity index (χ0n) is 17.8. The number of imidazole rings is 1. The average molecular weight is 423 g/mol. The number of aliphatic hydroxyl groups is 1. The molecule has 2 atom stereocenters. The lowest BCUT2D eigenvalue weighted by molar-refractivity contribution is -0.0310. The van der Waals surface area contributed by atoms with Crippen molar-refractivity contribution in [2.75, 3.05) is 0 Å². The highest BCUT2D eigenvalue weighted by Gasteiger charge is 2.59. The molecule has 4 aromatic rings. The average Bonchev–Trinajstić information content (AvgIpc) is 3.35. The Hall–Kier alpha value is -3.75. The smallest absolute Gasteiger partial charge is 0.138 e. The van der Waals surface area contributed by atoms with E-state index in [-0.39, 0.29) is 5.56 Å². The third kappa shape index (κ3) is 2.73. The van der Waals surface area contributed by atoms with E-state index in [9.17, 15) is 5.11 Å². The minimum Gasteiger partial charge on any atom is -0.378 e. The second-order valence-corrected chi connectivity index (χ2v) is 8.81. The Bertz CT molecular complexity index is 1340. The summed E-state index contributed by atoms with van der Waals surface area (Å²) in [5, 5.41) is 21.3. The van der Waals surface area contributed by atoms with Crippen molar-refractivity contribution in [3.63, 3.8) is 0 Å². The molecular weight excluding hydrogens is 401 g/mol. The Morgan fingerprint density at radius 1 is 1.00 bits per heavy atom. The van der Waals surface area contributed by atoms with Crippen molar-refractivity contribution in [2.45, 2.75) is 25.5 Å².